The lowest BCUT2D eigenvalue weighted by Gasteiger charge is -2.10. The van der Waals surface area contributed by atoms with Crippen LogP contribution in [0.25, 0.3) is 0 Å². The molecule has 0 spiro atoms. The van der Waals surface area contributed by atoms with Crippen LogP contribution in [0.1, 0.15) is 16.1 Å². The molecule has 1 N–H and O–H groups in total. The van der Waals surface area contributed by atoms with Crippen molar-refractivity contribution in [1.29, 1.82) is 0 Å². The number of pyridine rings is 1. The quantitative estimate of drug-likeness (QED) is 0.653. The summed E-state index contributed by atoms with van der Waals surface area (Å²) in [5.74, 6) is -0.0608. The van der Waals surface area contributed by atoms with Gasteiger partial charge in [0.05, 0.1) is 11.3 Å². The summed E-state index contributed by atoms with van der Waals surface area (Å²) in [6, 6.07) is 3.69. The van der Waals surface area contributed by atoms with Crippen LogP contribution in [0.2, 0.25) is 0 Å². The predicted octanol–water partition coefficient (Wildman–Crippen LogP) is 1.31. The maximum atomic E-state index is 11.7. The second kappa shape index (κ2) is 6.80. The first-order valence-electron chi connectivity index (χ1n) is 5.07. The molecule has 88 valence electrons. The summed E-state index contributed by atoms with van der Waals surface area (Å²) in [5, 5.41) is 2.85. The number of nitrogens with one attached hydrogen (secondary N) is 1. The molecule has 0 radical (unpaired) electrons. The van der Waals surface area contributed by atoms with E-state index in [0.29, 0.717) is 12.1 Å². The first kappa shape index (κ1) is 13.4. The SMILES string of the molecule is CN(C)CCNC(=O)c1ccc(CI)nc1. The van der Waals surface area contributed by atoms with Gasteiger partial charge >= 0.3 is 0 Å². The molecule has 1 amide bonds. The number of alkyl halides is 1. The topological polar surface area (TPSA) is 45.2 Å². The van der Waals surface area contributed by atoms with E-state index in [1.807, 2.05) is 31.1 Å². The van der Waals surface area contributed by atoms with E-state index in [1.165, 1.54) is 0 Å². The van der Waals surface area contributed by atoms with Gasteiger partial charge in [0.1, 0.15) is 0 Å². The highest BCUT2D eigenvalue weighted by Crippen LogP contribution is 2.04. The van der Waals surface area contributed by atoms with Crippen LogP contribution in [-0.2, 0) is 4.43 Å². The Balaban J connectivity index is 2.46. The van der Waals surface area contributed by atoms with Crippen LogP contribution >= 0.6 is 22.6 Å². The fourth-order valence-electron chi connectivity index (χ4n) is 1.13. The third-order valence-electron chi connectivity index (χ3n) is 2.07. The summed E-state index contributed by atoms with van der Waals surface area (Å²) in [5.41, 5.74) is 1.61. The molecule has 4 nitrogen and oxygen atoms in total. The number of nitrogens with zero attached hydrogens (tertiary/aromatic N) is 2. The van der Waals surface area contributed by atoms with Gasteiger partial charge in [-0.05, 0) is 26.2 Å². The number of hydrogen-bond acceptors (Lipinski definition) is 3. The van der Waals surface area contributed by atoms with Crippen molar-refractivity contribution in [3.8, 4) is 0 Å². The molecule has 1 rings (SSSR count). The fourth-order valence-corrected chi connectivity index (χ4v) is 1.58. The van der Waals surface area contributed by atoms with Gasteiger partial charge in [-0.25, -0.2) is 0 Å². The van der Waals surface area contributed by atoms with Crippen LogP contribution in [0, 0.1) is 0 Å². The van der Waals surface area contributed by atoms with E-state index >= 15 is 0 Å². The molecule has 0 bridgehead atoms. The van der Waals surface area contributed by atoms with Crippen LogP contribution in [0.3, 0.4) is 0 Å². The number of amides is 1. The maximum Gasteiger partial charge on any atom is 0.252 e. The third-order valence-corrected chi connectivity index (χ3v) is 2.85. The highest BCUT2D eigenvalue weighted by molar-refractivity contribution is 14.1. The lowest BCUT2D eigenvalue weighted by atomic mass is 10.2. The molecule has 0 atom stereocenters. The Kier molecular flexibility index (Phi) is 5.68. The van der Waals surface area contributed by atoms with Crippen molar-refractivity contribution >= 4 is 28.5 Å². The first-order chi connectivity index (χ1) is 7.63. The molecular formula is C11H16IN3O. The molecular weight excluding hydrogens is 317 g/mol. The van der Waals surface area contributed by atoms with Gasteiger partial charge in [-0.1, -0.05) is 22.6 Å². The highest BCUT2D eigenvalue weighted by Gasteiger charge is 2.05. The van der Waals surface area contributed by atoms with Crippen molar-refractivity contribution in [2.24, 2.45) is 0 Å². The summed E-state index contributed by atoms with van der Waals surface area (Å²) in [7, 11) is 3.95. The molecule has 16 heavy (non-hydrogen) atoms. The fraction of sp³-hybridized carbons (Fsp3) is 0.455. The van der Waals surface area contributed by atoms with Gasteiger partial charge in [0.2, 0.25) is 0 Å². The number of halogens is 1. The normalized spacial score (nSPS) is 10.5. The Labute approximate surface area is 110 Å². The average molecular weight is 333 g/mol. The molecule has 0 saturated heterocycles. The van der Waals surface area contributed by atoms with Crippen molar-refractivity contribution in [2.75, 3.05) is 27.2 Å². The monoisotopic (exact) mass is 333 g/mol. The minimum Gasteiger partial charge on any atom is -0.351 e. The van der Waals surface area contributed by atoms with E-state index in [-0.39, 0.29) is 5.91 Å². The van der Waals surface area contributed by atoms with E-state index in [9.17, 15) is 4.79 Å². The molecule has 0 aromatic carbocycles. The third kappa shape index (κ3) is 4.44. The molecule has 0 fully saturated rings. The second-order valence-corrected chi connectivity index (χ2v) is 4.49. The van der Waals surface area contributed by atoms with Crippen molar-refractivity contribution < 1.29 is 4.79 Å². The molecule has 0 saturated carbocycles. The van der Waals surface area contributed by atoms with Crippen LogP contribution < -0.4 is 5.32 Å². The van der Waals surface area contributed by atoms with Crippen molar-refractivity contribution in [3.63, 3.8) is 0 Å². The zero-order valence-corrected chi connectivity index (χ0v) is 11.7. The van der Waals surface area contributed by atoms with Gasteiger partial charge in [-0.3, -0.25) is 9.78 Å². The smallest absolute Gasteiger partial charge is 0.252 e. The maximum absolute atomic E-state index is 11.7. The Morgan fingerprint density at radius 1 is 1.50 bits per heavy atom. The number of rotatable bonds is 5. The lowest BCUT2D eigenvalue weighted by molar-refractivity contribution is 0.0950. The lowest BCUT2D eigenvalue weighted by Crippen LogP contribution is -2.31. The van der Waals surface area contributed by atoms with E-state index < -0.39 is 0 Å². The molecule has 1 aromatic rings. The van der Waals surface area contributed by atoms with Crippen LogP contribution in [0.4, 0.5) is 0 Å². The number of aromatic nitrogens is 1. The van der Waals surface area contributed by atoms with Crippen molar-refractivity contribution in [2.45, 2.75) is 4.43 Å². The molecule has 0 aliphatic carbocycles. The van der Waals surface area contributed by atoms with E-state index in [2.05, 4.69) is 32.9 Å². The highest BCUT2D eigenvalue weighted by atomic mass is 127. The Bertz CT molecular complexity index is 338. The summed E-state index contributed by atoms with van der Waals surface area (Å²) in [6.07, 6.45) is 1.62. The van der Waals surface area contributed by atoms with Crippen LogP contribution in [0.15, 0.2) is 18.3 Å². The largest absolute Gasteiger partial charge is 0.351 e. The van der Waals surface area contributed by atoms with Gasteiger partial charge in [0, 0.05) is 23.7 Å². The van der Waals surface area contributed by atoms with Gasteiger partial charge < -0.3 is 10.2 Å². The summed E-state index contributed by atoms with van der Waals surface area (Å²) in [4.78, 5) is 17.9. The van der Waals surface area contributed by atoms with Gasteiger partial charge in [0.15, 0.2) is 0 Å². The van der Waals surface area contributed by atoms with Gasteiger partial charge in [-0.2, -0.15) is 0 Å². The van der Waals surface area contributed by atoms with E-state index in [1.54, 1.807) is 6.20 Å². The average Bonchev–Trinajstić information content (AvgIpc) is 2.28. The standard InChI is InChI=1S/C11H16IN3O/c1-15(2)6-5-13-11(16)9-3-4-10(7-12)14-8-9/h3-4,8H,5-7H2,1-2H3,(H,13,16). The summed E-state index contributed by atoms with van der Waals surface area (Å²) < 4.78 is 0.861. The zero-order chi connectivity index (χ0) is 12.0. The van der Waals surface area contributed by atoms with Crippen LogP contribution in [-0.4, -0.2) is 43.0 Å². The van der Waals surface area contributed by atoms with Gasteiger partial charge in [-0.15, -0.1) is 0 Å². The second-order valence-electron chi connectivity index (χ2n) is 3.73. The molecule has 0 aliphatic rings. The van der Waals surface area contributed by atoms with Crippen LogP contribution in [0.5, 0.6) is 0 Å². The molecule has 5 heteroatoms. The van der Waals surface area contributed by atoms with Gasteiger partial charge in [0.25, 0.3) is 5.91 Å². The number of hydrogen-bond donors (Lipinski definition) is 1. The minimum atomic E-state index is -0.0608. The van der Waals surface area contributed by atoms with Crippen molar-refractivity contribution in [1.82, 2.24) is 15.2 Å². The number of likely N-dealkylation sites (N-methyl/N-ethyl adjacent to an activating group) is 1. The summed E-state index contributed by atoms with van der Waals surface area (Å²) >= 11 is 2.24. The predicted molar refractivity (Wildman–Crippen MR) is 72.8 cm³/mol. The molecule has 1 aromatic heterocycles. The Morgan fingerprint density at radius 2 is 2.25 bits per heavy atom. The summed E-state index contributed by atoms with van der Waals surface area (Å²) in [6.45, 7) is 1.49. The Morgan fingerprint density at radius 3 is 2.75 bits per heavy atom. The number of carbonyl (C=O) groups excluding carboxylic acids is 1. The van der Waals surface area contributed by atoms with E-state index in [0.717, 1.165) is 16.7 Å². The zero-order valence-electron chi connectivity index (χ0n) is 9.53. The molecule has 1 heterocycles. The molecule has 0 unspecified atom stereocenters. The molecule has 0 aliphatic heterocycles. The number of carbonyl (C=O) groups is 1. The van der Waals surface area contributed by atoms with Crippen molar-refractivity contribution in [3.05, 3.63) is 29.6 Å². The Hall–Kier alpha value is -0.690. The first-order valence-corrected chi connectivity index (χ1v) is 6.60. The van der Waals surface area contributed by atoms with E-state index in [4.69, 9.17) is 0 Å². The minimum absolute atomic E-state index is 0.0608.